The molecule has 5 rings (SSSR count). The summed E-state index contributed by atoms with van der Waals surface area (Å²) in [5, 5.41) is 3.48. The second-order valence-corrected chi connectivity index (χ2v) is 9.41. The minimum atomic E-state index is -0.271. The first-order valence-corrected chi connectivity index (χ1v) is 11.5. The van der Waals surface area contributed by atoms with E-state index in [1.807, 2.05) is 28.4 Å². The Kier molecular flexibility index (Phi) is 5.25. The number of nitrogens with zero attached hydrogens (tertiary/aromatic N) is 1. The number of thiophene rings is 1. The van der Waals surface area contributed by atoms with Crippen LogP contribution in [0.1, 0.15) is 45.3 Å². The van der Waals surface area contributed by atoms with Crippen LogP contribution in [0.3, 0.4) is 0 Å². The maximum absolute atomic E-state index is 13.6. The highest BCUT2D eigenvalue weighted by Crippen LogP contribution is 2.45. The van der Waals surface area contributed by atoms with Crippen LogP contribution in [0, 0.1) is 5.82 Å². The van der Waals surface area contributed by atoms with E-state index in [0.717, 1.165) is 24.8 Å². The van der Waals surface area contributed by atoms with Crippen molar-refractivity contribution in [1.29, 1.82) is 0 Å². The van der Waals surface area contributed by atoms with E-state index in [1.165, 1.54) is 45.9 Å². The van der Waals surface area contributed by atoms with Crippen LogP contribution >= 0.6 is 22.9 Å². The van der Waals surface area contributed by atoms with E-state index in [9.17, 15) is 9.18 Å². The van der Waals surface area contributed by atoms with Crippen LogP contribution in [-0.2, 0) is 19.3 Å². The van der Waals surface area contributed by atoms with Crippen molar-refractivity contribution in [3.8, 4) is 0 Å². The third kappa shape index (κ3) is 3.50. The van der Waals surface area contributed by atoms with Crippen molar-refractivity contribution in [3.05, 3.63) is 85.8 Å². The molecule has 0 spiro atoms. The number of nitrogens with one attached hydrogen (secondary N) is 1. The number of carbonyl (C=O) groups is 1. The van der Waals surface area contributed by atoms with Gasteiger partial charge in [0.1, 0.15) is 5.82 Å². The van der Waals surface area contributed by atoms with Crippen molar-refractivity contribution in [2.45, 2.75) is 38.1 Å². The molecule has 6 heteroatoms. The summed E-state index contributed by atoms with van der Waals surface area (Å²) in [7, 11) is 0. The van der Waals surface area contributed by atoms with Gasteiger partial charge in [0.15, 0.2) is 0 Å². The summed E-state index contributed by atoms with van der Waals surface area (Å²) in [6.07, 6.45) is 5.56. The van der Waals surface area contributed by atoms with Crippen molar-refractivity contribution < 1.29 is 9.18 Å². The van der Waals surface area contributed by atoms with Gasteiger partial charge in [-0.15, -0.1) is 11.3 Å². The maximum Gasteiger partial charge on any atom is 0.322 e. The van der Waals surface area contributed by atoms with Crippen molar-refractivity contribution in [2.24, 2.45) is 0 Å². The molecule has 3 aromatic rings. The van der Waals surface area contributed by atoms with Gasteiger partial charge < -0.3 is 10.2 Å². The molecule has 2 amide bonds. The smallest absolute Gasteiger partial charge is 0.312 e. The summed E-state index contributed by atoms with van der Waals surface area (Å²) in [6, 6.07) is 13.4. The zero-order chi connectivity index (χ0) is 20.7. The molecular formula is C24H22ClFN2OS. The highest BCUT2D eigenvalue weighted by atomic mass is 35.5. The number of aryl methyl sites for hydroxylation is 1. The molecule has 1 aliphatic carbocycles. The first-order chi connectivity index (χ1) is 14.6. The van der Waals surface area contributed by atoms with Gasteiger partial charge in [0.25, 0.3) is 0 Å². The van der Waals surface area contributed by atoms with Crippen LogP contribution in [0.25, 0.3) is 0 Å². The van der Waals surface area contributed by atoms with E-state index in [0.29, 0.717) is 17.3 Å². The van der Waals surface area contributed by atoms with Gasteiger partial charge in [-0.2, -0.15) is 0 Å². The number of para-hydroxylation sites is 1. The molecular weight excluding hydrogens is 419 g/mol. The molecule has 1 atom stereocenters. The van der Waals surface area contributed by atoms with E-state index in [4.69, 9.17) is 11.6 Å². The second kappa shape index (κ2) is 8.05. The van der Waals surface area contributed by atoms with Gasteiger partial charge in [0, 0.05) is 16.3 Å². The Bertz CT molecular complexity index is 1100. The molecule has 2 aromatic carbocycles. The fourth-order valence-electron chi connectivity index (χ4n) is 4.60. The Morgan fingerprint density at radius 3 is 2.60 bits per heavy atom. The van der Waals surface area contributed by atoms with Crippen LogP contribution in [0.2, 0.25) is 5.02 Å². The molecule has 30 heavy (non-hydrogen) atoms. The van der Waals surface area contributed by atoms with E-state index in [-0.39, 0.29) is 17.9 Å². The van der Waals surface area contributed by atoms with Crippen LogP contribution in [0.15, 0.2) is 48.5 Å². The number of fused-ring (bicyclic) bond motifs is 3. The number of hydrogen-bond donors (Lipinski definition) is 1. The number of benzene rings is 2. The number of urea groups is 1. The van der Waals surface area contributed by atoms with Crippen molar-refractivity contribution >= 4 is 34.7 Å². The van der Waals surface area contributed by atoms with Gasteiger partial charge in [0.2, 0.25) is 0 Å². The van der Waals surface area contributed by atoms with E-state index in [1.54, 1.807) is 24.3 Å². The molecule has 0 unspecified atom stereocenters. The Morgan fingerprint density at radius 2 is 1.80 bits per heavy atom. The lowest BCUT2D eigenvalue weighted by molar-refractivity contribution is 0.195. The molecule has 0 bridgehead atoms. The molecule has 2 aliphatic rings. The number of halogens is 2. The lowest BCUT2D eigenvalue weighted by Crippen LogP contribution is -2.42. The SMILES string of the molecule is O=C(Nc1ccccc1Cl)N1CCc2c(sc3c2CCCC3)[C@H]1c1ccc(F)cc1. The van der Waals surface area contributed by atoms with Gasteiger partial charge in [-0.1, -0.05) is 35.9 Å². The number of rotatable bonds is 2. The Hall–Kier alpha value is -2.37. The van der Waals surface area contributed by atoms with Crippen molar-refractivity contribution in [1.82, 2.24) is 4.90 Å². The predicted octanol–water partition coefficient (Wildman–Crippen LogP) is 6.60. The summed E-state index contributed by atoms with van der Waals surface area (Å²) in [5.41, 5.74) is 4.44. The first-order valence-electron chi connectivity index (χ1n) is 10.3. The maximum atomic E-state index is 13.6. The number of amides is 2. The van der Waals surface area contributed by atoms with Crippen molar-refractivity contribution in [3.63, 3.8) is 0 Å². The van der Waals surface area contributed by atoms with E-state index < -0.39 is 0 Å². The highest BCUT2D eigenvalue weighted by Gasteiger charge is 2.36. The lowest BCUT2D eigenvalue weighted by Gasteiger charge is -2.36. The molecule has 1 aromatic heterocycles. The average Bonchev–Trinajstić information content (AvgIpc) is 3.14. The normalized spacial score (nSPS) is 17.9. The molecule has 154 valence electrons. The van der Waals surface area contributed by atoms with Gasteiger partial charge >= 0.3 is 6.03 Å². The summed E-state index contributed by atoms with van der Waals surface area (Å²) >= 11 is 8.09. The topological polar surface area (TPSA) is 32.3 Å². The molecule has 0 saturated heterocycles. The van der Waals surface area contributed by atoms with Crippen LogP contribution < -0.4 is 5.32 Å². The molecule has 2 heterocycles. The Balaban J connectivity index is 1.55. The number of hydrogen-bond acceptors (Lipinski definition) is 2. The summed E-state index contributed by atoms with van der Waals surface area (Å²) in [4.78, 5) is 17.9. The quantitative estimate of drug-likeness (QED) is 0.478. The molecule has 0 radical (unpaired) electrons. The summed E-state index contributed by atoms with van der Waals surface area (Å²) in [5.74, 6) is -0.271. The number of carbonyl (C=O) groups excluding carboxylic acids is 1. The number of anilines is 1. The standard InChI is InChI=1S/C24H22ClFN2OS/c25-19-6-2-3-7-20(19)27-24(29)28-14-13-18-17-5-1-4-8-21(17)30-23(18)22(28)15-9-11-16(26)12-10-15/h2-3,6-7,9-12,22H,1,4-5,8,13-14H2,(H,27,29)/t22-/m1/s1. The third-order valence-corrected chi connectivity index (χ3v) is 7.75. The molecule has 1 aliphatic heterocycles. The second-order valence-electron chi connectivity index (χ2n) is 7.86. The average molecular weight is 441 g/mol. The van der Waals surface area contributed by atoms with Gasteiger partial charge in [-0.3, -0.25) is 0 Å². The van der Waals surface area contributed by atoms with Gasteiger partial charge in [0.05, 0.1) is 16.8 Å². The molecule has 0 fully saturated rings. The Labute approximate surface area is 184 Å². The fraction of sp³-hybridized carbons (Fsp3) is 0.292. The third-order valence-electron chi connectivity index (χ3n) is 6.04. The Morgan fingerprint density at radius 1 is 1.03 bits per heavy atom. The first kappa shape index (κ1) is 19.6. The predicted molar refractivity (Wildman–Crippen MR) is 120 cm³/mol. The van der Waals surface area contributed by atoms with Crippen LogP contribution in [-0.4, -0.2) is 17.5 Å². The summed E-state index contributed by atoms with van der Waals surface area (Å²) < 4.78 is 13.6. The van der Waals surface area contributed by atoms with E-state index >= 15 is 0 Å². The molecule has 3 nitrogen and oxygen atoms in total. The lowest BCUT2D eigenvalue weighted by atomic mass is 9.88. The van der Waals surface area contributed by atoms with E-state index in [2.05, 4.69) is 5.32 Å². The minimum absolute atomic E-state index is 0.186. The fourth-order valence-corrected chi connectivity index (χ4v) is 6.36. The van der Waals surface area contributed by atoms with Gasteiger partial charge in [-0.05, 0) is 73.1 Å². The minimum Gasteiger partial charge on any atom is -0.312 e. The van der Waals surface area contributed by atoms with Crippen molar-refractivity contribution in [2.75, 3.05) is 11.9 Å². The van der Waals surface area contributed by atoms with Gasteiger partial charge in [-0.25, -0.2) is 9.18 Å². The van der Waals surface area contributed by atoms with Crippen LogP contribution in [0.5, 0.6) is 0 Å². The monoisotopic (exact) mass is 440 g/mol. The molecule has 0 saturated carbocycles. The molecule has 1 N–H and O–H groups in total. The summed E-state index contributed by atoms with van der Waals surface area (Å²) in [6.45, 7) is 0.620. The highest BCUT2D eigenvalue weighted by molar-refractivity contribution is 7.12. The van der Waals surface area contributed by atoms with Crippen LogP contribution in [0.4, 0.5) is 14.9 Å². The largest absolute Gasteiger partial charge is 0.322 e. The zero-order valence-corrected chi connectivity index (χ0v) is 18.0. The zero-order valence-electron chi connectivity index (χ0n) is 16.5.